The molecule has 0 radical (unpaired) electrons. The molecule has 26 heavy (non-hydrogen) atoms. The highest BCUT2D eigenvalue weighted by Crippen LogP contribution is 2.21. The van der Waals surface area contributed by atoms with E-state index in [-0.39, 0.29) is 23.3 Å². The van der Waals surface area contributed by atoms with Gasteiger partial charge in [0.2, 0.25) is 0 Å². The van der Waals surface area contributed by atoms with Crippen molar-refractivity contribution in [3.8, 4) is 0 Å². The molecule has 1 saturated heterocycles. The van der Waals surface area contributed by atoms with E-state index in [1.54, 1.807) is 0 Å². The Bertz CT molecular complexity index is 742. The Balaban J connectivity index is 1.47. The van der Waals surface area contributed by atoms with Crippen molar-refractivity contribution in [2.75, 3.05) is 19.6 Å². The number of benzene rings is 2. The van der Waals surface area contributed by atoms with Gasteiger partial charge in [-0.3, -0.25) is 9.59 Å². The first-order valence-corrected chi connectivity index (χ1v) is 9.24. The van der Waals surface area contributed by atoms with Crippen LogP contribution in [0.1, 0.15) is 46.4 Å². The number of halogens is 1. The van der Waals surface area contributed by atoms with E-state index >= 15 is 0 Å². The number of ketones is 2. The largest absolute Gasteiger partial charge is 0.303 e. The van der Waals surface area contributed by atoms with Gasteiger partial charge < -0.3 is 4.90 Å². The van der Waals surface area contributed by atoms with Gasteiger partial charge in [0.05, 0.1) is 0 Å². The van der Waals surface area contributed by atoms with Gasteiger partial charge in [0.1, 0.15) is 5.82 Å². The lowest BCUT2D eigenvalue weighted by atomic mass is 9.90. The fraction of sp³-hybridized carbons (Fsp3) is 0.364. The van der Waals surface area contributed by atoms with Crippen molar-refractivity contribution in [2.45, 2.75) is 25.7 Å². The van der Waals surface area contributed by atoms with Gasteiger partial charge in [-0.15, -0.1) is 0 Å². The van der Waals surface area contributed by atoms with Crippen molar-refractivity contribution in [3.05, 3.63) is 71.5 Å². The number of hydrogen-bond donors (Lipinski definition) is 0. The summed E-state index contributed by atoms with van der Waals surface area (Å²) in [4.78, 5) is 27.1. The molecule has 1 heterocycles. The van der Waals surface area contributed by atoms with Crippen molar-refractivity contribution in [1.82, 2.24) is 4.90 Å². The second-order valence-corrected chi connectivity index (χ2v) is 6.90. The van der Waals surface area contributed by atoms with Crippen molar-refractivity contribution in [3.63, 3.8) is 0 Å². The van der Waals surface area contributed by atoms with Gasteiger partial charge in [-0.1, -0.05) is 30.3 Å². The van der Waals surface area contributed by atoms with Gasteiger partial charge in [-0.05, 0) is 56.6 Å². The number of hydrogen-bond acceptors (Lipinski definition) is 3. The van der Waals surface area contributed by atoms with Crippen LogP contribution in [-0.2, 0) is 0 Å². The zero-order valence-corrected chi connectivity index (χ0v) is 14.9. The topological polar surface area (TPSA) is 37.4 Å². The third-order valence-corrected chi connectivity index (χ3v) is 4.98. The van der Waals surface area contributed by atoms with Crippen LogP contribution in [0.4, 0.5) is 4.39 Å². The van der Waals surface area contributed by atoms with Gasteiger partial charge in [0, 0.05) is 30.0 Å². The molecule has 1 aliphatic heterocycles. The van der Waals surface area contributed by atoms with Crippen molar-refractivity contribution in [1.29, 1.82) is 0 Å². The quantitative estimate of drug-likeness (QED) is 0.693. The molecular formula is C22H24FNO2. The second-order valence-electron chi connectivity index (χ2n) is 6.90. The molecule has 136 valence electrons. The third-order valence-electron chi connectivity index (χ3n) is 4.98. The Morgan fingerprint density at radius 2 is 1.73 bits per heavy atom. The first-order chi connectivity index (χ1) is 12.6. The Morgan fingerprint density at radius 1 is 1.00 bits per heavy atom. The van der Waals surface area contributed by atoms with Gasteiger partial charge in [-0.2, -0.15) is 0 Å². The molecule has 0 N–H and O–H groups in total. The predicted octanol–water partition coefficient (Wildman–Crippen LogP) is 4.38. The van der Waals surface area contributed by atoms with Crippen LogP contribution in [0.2, 0.25) is 0 Å². The molecule has 0 aliphatic carbocycles. The SMILES string of the molecule is O=C(CCCN1CCCC(C(=O)c2ccccc2)C1)c1ccc(F)cc1. The molecule has 1 fully saturated rings. The summed E-state index contributed by atoms with van der Waals surface area (Å²) in [5, 5.41) is 0. The Hall–Kier alpha value is -2.33. The number of nitrogens with zero attached hydrogens (tertiary/aromatic N) is 1. The summed E-state index contributed by atoms with van der Waals surface area (Å²) in [5.41, 5.74) is 1.34. The average Bonchev–Trinajstić information content (AvgIpc) is 2.69. The molecule has 0 spiro atoms. The van der Waals surface area contributed by atoms with E-state index in [0.29, 0.717) is 12.0 Å². The lowest BCUT2D eigenvalue weighted by Crippen LogP contribution is -2.39. The molecule has 1 unspecified atom stereocenters. The first-order valence-electron chi connectivity index (χ1n) is 9.24. The van der Waals surface area contributed by atoms with E-state index < -0.39 is 0 Å². The molecule has 0 amide bonds. The summed E-state index contributed by atoms with van der Waals surface area (Å²) in [6, 6.07) is 15.2. The van der Waals surface area contributed by atoms with Crippen LogP contribution in [0, 0.1) is 11.7 Å². The highest BCUT2D eigenvalue weighted by molar-refractivity contribution is 5.98. The summed E-state index contributed by atoms with van der Waals surface area (Å²) >= 11 is 0. The highest BCUT2D eigenvalue weighted by atomic mass is 19.1. The summed E-state index contributed by atoms with van der Waals surface area (Å²) in [7, 11) is 0. The molecular weight excluding hydrogens is 329 g/mol. The van der Waals surface area contributed by atoms with Crippen LogP contribution in [0.25, 0.3) is 0 Å². The highest BCUT2D eigenvalue weighted by Gasteiger charge is 2.26. The number of rotatable bonds is 7. The third kappa shape index (κ3) is 4.85. The number of likely N-dealkylation sites (tertiary alicyclic amines) is 1. The maximum atomic E-state index is 12.9. The maximum absolute atomic E-state index is 12.9. The minimum absolute atomic E-state index is 0.0407. The van der Waals surface area contributed by atoms with E-state index in [1.807, 2.05) is 30.3 Å². The normalized spacial score (nSPS) is 17.8. The summed E-state index contributed by atoms with van der Waals surface area (Å²) in [5.74, 6) is -0.0282. The zero-order chi connectivity index (χ0) is 18.4. The minimum Gasteiger partial charge on any atom is -0.303 e. The van der Waals surface area contributed by atoms with Crippen molar-refractivity contribution in [2.24, 2.45) is 5.92 Å². The van der Waals surface area contributed by atoms with E-state index in [2.05, 4.69) is 4.90 Å². The standard InChI is InChI=1S/C22H24FNO2/c23-20-12-10-17(11-13-20)21(25)9-5-15-24-14-4-8-19(16-24)22(26)18-6-2-1-3-7-18/h1-3,6-7,10-13,19H,4-5,8-9,14-16H2. The maximum Gasteiger partial charge on any atom is 0.167 e. The van der Waals surface area contributed by atoms with Gasteiger partial charge >= 0.3 is 0 Å². The number of Topliss-reactive ketones (excluding diaryl/α,β-unsaturated/α-hetero) is 2. The predicted molar refractivity (Wildman–Crippen MR) is 99.9 cm³/mol. The van der Waals surface area contributed by atoms with Crippen LogP contribution < -0.4 is 0 Å². The van der Waals surface area contributed by atoms with Crippen LogP contribution >= 0.6 is 0 Å². The first kappa shape index (κ1) is 18.5. The number of piperidine rings is 1. The zero-order valence-electron chi connectivity index (χ0n) is 14.9. The molecule has 1 aliphatic rings. The Kier molecular flexibility index (Phi) is 6.29. The molecule has 2 aromatic rings. The van der Waals surface area contributed by atoms with Crippen LogP contribution in [0.5, 0.6) is 0 Å². The minimum atomic E-state index is -0.330. The Labute approximate surface area is 153 Å². The smallest absolute Gasteiger partial charge is 0.167 e. The van der Waals surface area contributed by atoms with Gasteiger partial charge in [-0.25, -0.2) is 4.39 Å². The monoisotopic (exact) mass is 353 g/mol. The van der Waals surface area contributed by atoms with E-state index in [4.69, 9.17) is 0 Å². The number of carbonyl (C=O) groups is 2. The van der Waals surface area contributed by atoms with Crippen LogP contribution in [0.15, 0.2) is 54.6 Å². The van der Waals surface area contributed by atoms with E-state index in [0.717, 1.165) is 44.5 Å². The molecule has 0 aromatic heterocycles. The summed E-state index contributed by atoms with van der Waals surface area (Å²) in [6.45, 7) is 2.55. The molecule has 0 saturated carbocycles. The average molecular weight is 353 g/mol. The number of carbonyl (C=O) groups excluding carboxylic acids is 2. The van der Waals surface area contributed by atoms with Crippen molar-refractivity contribution >= 4 is 11.6 Å². The lowest BCUT2D eigenvalue weighted by molar-refractivity contribution is 0.0811. The van der Waals surface area contributed by atoms with Gasteiger partial charge in [0.25, 0.3) is 0 Å². The lowest BCUT2D eigenvalue weighted by Gasteiger charge is -2.32. The van der Waals surface area contributed by atoms with E-state index in [9.17, 15) is 14.0 Å². The van der Waals surface area contributed by atoms with Crippen molar-refractivity contribution < 1.29 is 14.0 Å². The molecule has 3 nitrogen and oxygen atoms in total. The van der Waals surface area contributed by atoms with E-state index in [1.165, 1.54) is 24.3 Å². The molecule has 3 rings (SSSR count). The molecule has 4 heteroatoms. The summed E-state index contributed by atoms with van der Waals surface area (Å²) in [6.07, 6.45) is 3.13. The molecule has 1 atom stereocenters. The fourth-order valence-corrected chi connectivity index (χ4v) is 3.55. The molecule has 2 aromatic carbocycles. The van der Waals surface area contributed by atoms with Gasteiger partial charge in [0.15, 0.2) is 11.6 Å². The Morgan fingerprint density at radius 3 is 2.46 bits per heavy atom. The second kappa shape index (κ2) is 8.86. The van der Waals surface area contributed by atoms with Crippen LogP contribution in [-0.4, -0.2) is 36.1 Å². The summed E-state index contributed by atoms with van der Waals surface area (Å²) < 4.78 is 12.9. The van der Waals surface area contributed by atoms with Crippen LogP contribution in [0.3, 0.4) is 0 Å². The fourth-order valence-electron chi connectivity index (χ4n) is 3.55. The molecule has 0 bridgehead atoms.